The van der Waals surface area contributed by atoms with Crippen molar-refractivity contribution in [1.82, 2.24) is 0 Å². The first-order valence-electron chi connectivity index (χ1n) is 6.60. The van der Waals surface area contributed by atoms with E-state index in [1.54, 1.807) is 11.1 Å². The molecule has 0 radical (unpaired) electrons. The van der Waals surface area contributed by atoms with Crippen LogP contribution < -0.4 is 0 Å². The molecule has 3 aliphatic rings. The Labute approximate surface area is 103 Å². The summed E-state index contributed by atoms with van der Waals surface area (Å²) in [6.07, 6.45) is 5.83. The summed E-state index contributed by atoms with van der Waals surface area (Å²) in [5.74, 6) is 0.0825. The number of carbonyl (C=O) groups is 1. The molecule has 3 rings (SSSR count). The number of allylic oxidation sites excluding steroid dienone is 2. The molecule has 2 nitrogen and oxygen atoms in total. The van der Waals surface area contributed by atoms with Gasteiger partial charge in [0, 0.05) is 11.5 Å². The van der Waals surface area contributed by atoms with E-state index >= 15 is 0 Å². The van der Waals surface area contributed by atoms with Gasteiger partial charge >= 0.3 is 5.97 Å². The second-order valence-electron chi connectivity index (χ2n) is 6.16. The summed E-state index contributed by atoms with van der Waals surface area (Å²) >= 11 is 0. The molecule has 1 saturated carbocycles. The zero-order valence-corrected chi connectivity index (χ0v) is 10.7. The lowest BCUT2D eigenvalue weighted by atomic mass is 9.60. The van der Waals surface area contributed by atoms with Gasteiger partial charge in [-0.25, -0.2) is 4.79 Å². The Balaban J connectivity index is 1.98. The SMILES string of the molecule is C=C1C(=O)OC2CC3(C)CCCC(C)=C3CC12. The number of hydrogen-bond donors (Lipinski definition) is 0. The highest BCUT2D eigenvalue weighted by Crippen LogP contribution is 2.54. The predicted octanol–water partition coefficient (Wildman–Crippen LogP) is 3.38. The molecule has 0 N–H and O–H groups in total. The van der Waals surface area contributed by atoms with Crippen LogP contribution in [-0.2, 0) is 9.53 Å². The monoisotopic (exact) mass is 232 g/mol. The van der Waals surface area contributed by atoms with E-state index in [4.69, 9.17) is 4.74 Å². The second kappa shape index (κ2) is 3.47. The van der Waals surface area contributed by atoms with Crippen LogP contribution in [0.4, 0.5) is 0 Å². The zero-order valence-electron chi connectivity index (χ0n) is 10.7. The van der Waals surface area contributed by atoms with Gasteiger partial charge in [-0.15, -0.1) is 0 Å². The van der Waals surface area contributed by atoms with Crippen LogP contribution in [-0.4, -0.2) is 12.1 Å². The van der Waals surface area contributed by atoms with Crippen molar-refractivity contribution in [2.45, 2.75) is 52.1 Å². The summed E-state index contributed by atoms with van der Waals surface area (Å²) in [6, 6.07) is 0. The fourth-order valence-corrected chi connectivity index (χ4v) is 3.98. The number of ether oxygens (including phenoxy) is 1. The standard InChI is InChI=1S/C15H20O2/c1-9-5-4-6-15(3)8-13-11(7-12(9)15)10(2)14(16)17-13/h11,13H,2,4-8H2,1,3H3. The fraction of sp³-hybridized carbons (Fsp3) is 0.667. The maximum Gasteiger partial charge on any atom is 0.334 e. The Morgan fingerprint density at radius 3 is 3.00 bits per heavy atom. The Bertz CT molecular complexity index is 432. The van der Waals surface area contributed by atoms with Gasteiger partial charge in [-0.05, 0) is 44.4 Å². The van der Waals surface area contributed by atoms with E-state index in [-0.39, 0.29) is 23.4 Å². The lowest BCUT2D eigenvalue weighted by Gasteiger charge is -2.45. The number of fused-ring (bicyclic) bond motifs is 2. The normalized spacial score (nSPS) is 41.1. The molecular weight excluding hydrogens is 212 g/mol. The molecule has 0 bridgehead atoms. The Morgan fingerprint density at radius 2 is 2.24 bits per heavy atom. The molecule has 0 amide bonds. The molecule has 3 atom stereocenters. The predicted molar refractivity (Wildman–Crippen MR) is 66.4 cm³/mol. The highest BCUT2D eigenvalue weighted by atomic mass is 16.6. The van der Waals surface area contributed by atoms with E-state index in [1.165, 1.54) is 19.3 Å². The molecule has 17 heavy (non-hydrogen) atoms. The zero-order chi connectivity index (χ0) is 12.2. The summed E-state index contributed by atoms with van der Waals surface area (Å²) in [5, 5.41) is 0. The lowest BCUT2D eigenvalue weighted by Crippen LogP contribution is -2.37. The number of hydrogen-bond acceptors (Lipinski definition) is 2. The van der Waals surface area contributed by atoms with Crippen molar-refractivity contribution in [2.75, 3.05) is 0 Å². The summed E-state index contributed by atoms with van der Waals surface area (Å²) in [7, 11) is 0. The van der Waals surface area contributed by atoms with Crippen LogP contribution in [0.15, 0.2) is 23.3 Å². The summed E-state index contributed by atoms with van der Waals surface area (Å²) in [6.45, 7) is 8.51. The van der Waals surface area contributed by atoms with Crippen molar-refractivity contribution in [3.63, 3.8) is 0 Å². The first kappa shape index (κ1) is 11.1. The molecule has 0 aromatic rings. The fourth-order valence-electron chi connectivity index (χ4n) is 3.98. The maximum atomic E-state index is 11.6. The van der Waals surface area contributed by atoms with Crippen molar-refractivity contribution in [2.24, 2.45) is 11.3 Å². The van der Waals surface area contributed by atoms with Crippen LogP contribution >= 0.6 is 0 Å². The minimum atomic E-state index is -0.166. The Hall–Kier alpha value is -1.05. The van der Waals surface area contributed by atoms with Gasteiger partial charge < -0.3 is 4.74 Å². The van der Waals surface area contributed by atoms with E-state index in [0.29, 0.717) is 5.57 Å². The molecule has 2 fully saturated rings. The summed E-state index contributed by atoms with van der Waals surface area (Å²) in [5.41, 5.74) is 4.10. The highest BCUT2D eigenvalue weighted by Gasteiger charge is 2.49. The molecule has 92 valence electrons. The smallest absolute Gasteiger partial charge is 0.334 e. The maximum absolute atomic E-state index is 11.6. The van der Waals surface area contributed by atoms with Gasteiger partial charge in [0.2, 0.25) is 0 Å². The minimum absolute atomic E-state index is 0.0923. The highest BCUT2D eigenvalue weighted by molar-refractivity contribution is 5.91. The van der Waals surface area contributed by atoms with Crippen LogP contribution in [0.5, 0.6) is 0 Å². The van der Waals surface area contributed by atoms with Gasteiger partial charge in [0.1, 0.15) is 6.10 Å². The molecule has 1 saturated heterocycles. The van der Waals surface area contributed by atoms with Crippen molar-refractivity contribution in [1.29, 1.82) is 0 Å². The van der Waals surface area contributed by atoms with Crippen LogP contribution in [0.25, 0.3) is 0 Å². The molecule has 0 aromatic carbocycles. The van der Waals surface area contributed by atoms with Crippen LogP contribution in [0.3, 0.4) is 0 Å². The average molecular weight is 232 g/mol. The molecule has 1 heterocycles. The van der Waals surface area contributed by atoms with Gasteiger partial charge in [-0.1, -0.05) is 24.6 Å². The number of esters is 1. The van der Waals surface area contributed by atoms with Crippen molar-refractivity contribution in [3.05, 3.63) is 23.3 Å². The van der Waals surface area contributed by atoms with Crippen LogP contribution in [0.1, 0.15) is 46.0 Å². The Kier molecular flexibility index (Phi) is 2.26. The summed E-state index contributed by atoms with van der Waals surface area (Å²) in [4.78, 5) is 11.6. The molecule has 0 spiro atoms. The number of carbonyl (C=O) groups excluding carboxylic acids is 1. The van der Waals surface area contributed by atoms with Crippen LogP contribution in [0, 0.1) is 11.3 Å². The molecule has 1 aliphatic heterocycles. The van der Waals surface area contributed by atoms with E-state index in [1.807, 2.05) is 0 Å². The van der Waals surface area contributed by atoms with E-state index in [2.05, 4.69) is 20.4 Å². The molecule has 0 aromatic heterocycles. The first-order valence-corrected chi connectivity index (χ1v) is 6.60. The van der Waals surface area contributed by atoms with E-state index in [0.717, 1.165) is 12.8 Å². The largest absolute Gasteiger partial charge is 0.458 e. The summed E-state index contributed by atoms with van der Waals surface area (Å²) < 4.78 is 5.47. The average Bonchev–Trinajstić information content (AvgIpc) is 2.52. The third kappa shape index (κ3) is 1.50. The lowest BCUT2D eigenvalue weighted by molar-refractivity contribution is -0.140. The number of rotatable bonds is 0. The van der Waals surface area contributed by atoms with Crippen molar-refractivity contribution >= 4 is 5.97 Å². The van der Waals surface area contributed by atoms with Gasteiger partial charge in [-0.3, -0.25) is 0 Å². The van der Waals surface area contributed by atoms with Gasteiger partial charge in [0.05, 0.1) is 0 Å². The van der Waals surface area contributed by atoms with Gasteiger partial charge in [-0.2, -0.15) is 0 Å². The van der Waals surface area contributed by atoms with Crippen LogP contribution in [0.2, 0.25) is 0 Å². The second-order valence-corrected chi connectivity index (χ2v) is 6.16. The third-order valence-corrected chi connectivity index (χ3v) is 5.02. The molecule has 2 heteroatoms. The van der Waals surface area contributed by atoms with Crippen molar-refractivity contribution in [3.8, 4) is 0 Å². The topological polar surface area (TPSA) is 26.3 Å². The molecule has 2 aliphatic carbocycles. The van der Waals surface area contributed by atoms with Crippen molar-refractivity contribution < 1.29 is 9.53 Å². The van der Waals surface area contributed by atoms with E-state index < -0.39 is 0 Å². The Morgan fingerprint density at radius 1 is 1.47 bits per heavy atom. The minimum Gasteiger partial charge on any atom is -0.458 e. The van der Waals surface area contributed by atoms with Gasteiger partial charge in [0.25, 0.3) is 0 Å². The first-order chi connectivity index (χ1) is 8.01. The quantitative estimate of drug-likeness (QED) is 0.363. The van der Waals surface area contributed by atoms with E-state index in [9.17, 15) is 4.79 Å². The molecule has 3 unspecified atom stereocenters. The third-order valence-electron chi connectivity index (χ3n) is 5.02. The van der Waals surface area contributed by atoms with Gasteiger partial charge in [0.15, 0.2) is 0 Å². The molecular formula is C15H20O2.